The summed E-state index contributed by atoms with van der Waals surface area (Å²) in [6, 6.07) is 7.09. The Bertz CT molecular complexity index is 393. The standard InChI is InChI=1S/C14H20ClNO2/c1-10(2)7-12(9-15)16-14(17)11-5-4-6-13(8-11)18-3/h4-6,8,10,12H,7,9H2,1-3H3,(H,16,17). The molecule has 100 valence electrons. The first-order valence-corrected chi connectivity index (χ1v) is 6.61. The highest BCUT2D eigenvalue weighted by atomic mass is 35.5. The number of hydrogen-bond acceptors (Lipinski definition) is 2. The van der Waals surface area contributed by atoms with Crippen LogP contribution < -0.4 is 10.1 Å². The Morgan fingerprint density at radius 1 is 1.44 bits per heavy atom. The van der Waals surface area contributed by atoms with Crippen molar-refractivity contribution in [2.75, 3.05) is 13.0 Å². The second-order valence-corrected chi connectivity index (χ2v) is 4.99. The Kier molecular flexibility index (Phi) is 5.99. The van der Waals surface area contributed by atoms with Crippen LogP contribution in [0.15, 0.2) is 24.3 Å². The number of methoxy groups -OCH3 is 1. The summed E-state index contributed by atoms with van der Waals surface area (Å²) in [6.45, 7) is 4.22. The molecule has 0 aliphatic heterocycles. The van der Waals surface area contributed by atoms with Gasteiger partial charge in [0.1, 0.15) is 5.75 Å². The molecule has 18 heavy (non-hydrogen) atoms. The fourth-order valence-corrected chi connectivity index (χ4v) is 1.97. The summed E-state index contributed by atoms with van der Waals surface area (Å²) < 4.78 is 5.09. The topological polar surface area (TPSA) is 38.3 Å². The second-order valence-electron chi connectivity index (χ2n) is 4.69. The molecule has 4 heteroatoms. The maximum Gasteiger partial charge on any atom is 0.251 e. The number of benzene rings is 1. The van der Waals surface area contributed by atoms with Crippen LogP contribution in [0, 0.1) is 5.92 Å². The lowest BCUT2D eigenvalue weighted by Gasteiger charge is -2.18. The third-order valence-corrected chi connectivity index (χ3v) is 2.98. The van der Waals surface area contributed by atoms with E-state index in [-0.39, 0.29) is 11.9 Å². The molecule has 0 heterocycles. The van der Waals surface area contributed by atoms with Crippen molar-refractivity contribution >= 4 is 17.5 Å². The van der Waals surface area contributed by atoms with Crippen LogP contribution in [0.4, 0.5) is 0 Å². The number of alkyl halides is 1. The number of ether oxygens (including phenoxy) is 1. The molecule has 3 nitrogen and oxygen atoms in total. The van der Waals surface area contributed by atoms with Crippen molar-refractivity contribution < 1.29 is 9.53 Å². The SMILES string of the molecule is COc1cccc(C(=O)NC(CCl)CC(C)C)c1. The molecule has 0 bridgehead atoms. The molecule has 1 N–H and O–H groups in total. The molecule has 0 aliphatic carbocycles. The minimum atomic E-state index is -0.111. The molecule has 0 saturated carbocycles. The van der Waals surface area contributed by atoms with Crippen molar-refractivity contribution in [1.82, 2.24) is 5.32 Å². The van der Waals surface area contributed by atoms with Crippen LogP contribution in [0.1, 0.15) is 30.6 Å². The van der Waals surface area contributed by atoms with Crippen molar-refractivity contribution in [1.29, 1.82) is 0 Å². The smallest absolute Gasteiger partial charge is 0.251 e. The summed E-state index contributed by atoms with van der Waals surface area (Å²) >= 11 is 5.86. The third-order valence-electron chi connectivity index (χ3n) is 2.61. The highest BCUT2D eigenvalue weighted by molar-refractivity contribution is 6.18. The minimum Gasteiger partial charge on any atom is -0.497 e. The first kappa shape index (κ1) is 14.8. The zero-order valence-electron chi connectivity index (χ0n) is 11.1. The summed E-state index contributed by atoms with van der Waals surface area (Å²) in [5.74, 6) is 1.49. The van der Waals surface area contributed by atoms with E-state index in [1.807, 2.05) is 6.07 Å². The van der Waals surface area contributed by atoms with E-state index < -0.39 is 0 Å². The Morgan fingerprint density at radius 3 is 2.72 bits per heavy atom. The summed E-state index contributed by atoms with van der Waals surface area (Å²) in [4.78, 5) is 12.0. The fraction of sp³-hybridized carbons (Fsp3) is 0.500. The summed E-state index contributed by atoms with van der Waals surface area (Å²) in [5, 5.41) is 2.94. The third kappa shape index (κ3) is 4.57. The molecule has 0 fully saturated rings. The second kappa shape index (κ2) is 7.27. The molecule has 0 saturated heterocycles. The van der Waals surface area contributed by atoms with Crippen LogP contribution >= 0.6 is 11.6 Å². The number of rotatable bonds is 6. The van der Waals surface area contributed by atoms with Crippen LogP contribution in [0.2, 0.25) is 0 Å². The summed E-state index contributed by atoms with van der Waals surface area (Å²) in [5.41, 5.74) is 0.591. The lowest BCUT2D eigenvalue weighted by molar-refractivity contribution is 0.0936. The average molecular weight is 270 g/mol. The van der Waals surface area contributed by atoms with E-state index in [0.29, 0.717) is 23.1 Å². The van der Waals surface area contributed by atoms with Gasteiger partial charge in [-0.3, -0.25) is 4.79 Å². The lowest BCUT2D eigenvalue weighted by atomic mass is 10.0. The van der Waals surface area contributed by atoms with Crippen LogP contribution in [0.3, 0.4) is 0 Å². The molecule has 0 aromatic heterocycles. The molecule has 0 aliphatic rings. The molecular weight excluding hydrogens is 250 g/mol. The average Bonchev–Trinajstić information content (AvgIpc) is 2.37. The Morgan fingerprint density at radius 2 is 2.17 bits per heavy atom. The molecule has 1 unspecified atom stereocenters. The summed E-state index contributed by atoms with van der Waals surface area (Å²) in [7, 11) is 1.58. The van der Waals surface area contributed by atoms with Gasteiger partial charge in [0.15, 0.2) is 0 Å². The van der Waals surface area contributed by atoms with Gasteiger partial charge in [-0.2, -0.15) is 0 Å². The molecule has 1 amide bonds. The first-order chi connectivity index (χ1) is 8.56. The molecule has 1 atom stereocenters. The van der Waals surface area contributed by atoms with Gasteiger partial charge in [-0.15, -0.1) is 11.6 Å². The Balaban J connectivity index is 2.68. The molecule has 1 rings (SSSR count). The number of halogens is 1. The van der Waals surface area contributed by atoms with Crippen LogP contribution in [-0.2, 0) is 0 Å². The number of carbonyl (C=O) groups excluding carboxylic acids is 1. The number of amides is 1. The van der Waals surface area contributed by atoms with E-state index in [4.69, 9.17) is 16.3 Å². The normalized spacial score (nSPS) is 12.3. The van der Waals surface area contributed by atoms with Crippen molar-refractivity contribution in [2.45, 2.75) is 26.3 Å². The summed E-state index contributed by atoms with van der Waals surface area (Å²) in [6.07, 6.45) is 0.874. The van der Waals surface area contributed by atoms with Gasteiger partial charge in [0.05, 0.1) is 7.11 Å². The molecule has 0 spiro atoms. The van der Waals surface area contributed by atoms with Crippen LogP contribution in [0.5, 0.6) is 5.75 Å². The molecule has 1 aromatic rings. The fourth-order valence-electron chi connectivity index (χ4n) is 1.76. The predicted octanol–water partition coefficient (Wildman–Crippen LogP) is 3.08. The predicted molar refractivity (Wildman–Crippen MR) is 74.4 cm³/mol. The minimum absolute atomic E-state index is 0.00497. The van der Waals surface area contributed by atoms with E-state index in [0.717, 1.165) is 6.42 Å². The van der Waals surface area contributed by atoms with Gasteiger partial charge in [-0.05, 0) is 30.5 Å². The first-order valence-electron chi connectivity index (χ1n) is 6.07. The van der Waals surface area contributed by atoms with Gasteiger partial charge in [0, 0.05) is 17.5 Å². The Labute approximate surface area is 113 Å². The zero-order valence-corrected chi connectivity index (χ0v) is 11.8. The largest absolute Gasteiger partial charge is 0.497 e. The Hall–Kier alpha value is -1.22. The number of nitrogens with one attached hydrogen (secondary N) is 1. The molecule has 0 radical (unpaired) electrons. The highest BCUT2D eigenvalue weighted by Crippen LogP contribution is 2.13. The van der Waals surface area contributed by atoms with Gasteiger partial charge in [0.25, 0.3) is 5.91 Å². The van der Waals surface area contributed by atoms with Gasteiger partial charge < -0.3 is 10.1 Å². The van der Waals surface area contributed by atoms with Crippen LogP contribution in [0.25, 0.3) is 0 Å². The molecular formula is C14H20ClNO2. The van der Waals surface area contributed by atoms with E-state index in [2.05, 4.69) is 19.2 Å². The van der Waals surface area contributed by atoms with Crippen molar-refractivity contribution in [3.63, 3.8) is 0 Å². The maximum atomic E-state index is 12.0. The van der Waals surface area contributed by atoms with E-state index in [1.54, 1.807) is 25.3 Å². The van der Waals surface area contributed by atoms with Crippen molar-refractivity contribution in [3.05, 3.63) is 29.8 Å². The van der Waals surface area contributed by atoms with Gasteiger partial charge >= 0.3 is 0 Å². The zero-order chi connectivity index (χ0) is 13.5. The van der Waals surface area contributed by atoms with Crippen LogP contribution in [-0.4, -0.2) is 24.9 Å². The van der Waals surface area contributed by atoms with E-state index >= 15 is 0 Å². The van der Waals surface area contributed by atoms with Gasteiger partial charge in [0.2, 0.25) is 0 Å². The van der Waals surface area contributed by atoms with E-state index in [1.165, 1.54) is 0 Å². The van der Waals surface area contributed by atoms with Crippen molar-refractivity contribution in [2.24, 2.45) is 5.92 Å². The maximum absolute atomic E-state index is 12.0. The number of carbonyl (C=O) groups is 1. The quantitative estimate of drug-likeness (QED) is 0.806. The van der Waals surface area contributed by atoms with E-state index in [9.17, 15) is 4.79 Å². The number of hydrogen-bond donors (Lipinski definition) is 1. The van der Waals surface area contributed by atoms with Gasteiger partial charge in [-0.25, -0.2) is 0 Å². The molecule has 1 aromatic carbocycles. The van der Waals surface area contributed by atoms with Gasteiger partial charge in [-0.1, -0.05) is 19.9 Å². The highest BCUT2D eigenvalue weighted by Gasteiger charge is 2.14. The lowest BCUT2D eigenvalue weighted by Crippen LogP contribution is -2.37. The monoisotopic (exact) mass is 269 g/mol. The van der Waals surface area contributed by atoms with Crippen molar-refractivity contribution in [3.8, 4) is 5.75 Å².